The highest BCUT2D eigenvalue weighted by Crippen LogP contribution is 2.31. The van der Waals surface area contributed by atoms with E-state index in [4.69, 9.17) is 0 Å². The number of halogens is 1. The van der Waals surface area contributed by atoms with Crippen molar-refractivity contribution in [2.24, 2.45) is 0 Å². The molecule has 0 fully saturated rings. The second kappa shape index (κ2) is 9.32. The van der Waals surface area contributed by atoms with Crippen LogP contribution in [0, 0.1) is 6.92 Å². The molecule has 3 aromatic rings. The molecule has 0 atom stereocenters. The quantitative estimate of drug-likeness (QED) is 0.509. The van der Waals surface area contributed by atoms with E-state index in [-0.39, 0.29) is 4.90 Å². The fourth-order valence-corrected chi connectivity index (χ4v) is 4.60. The largest absolute Gasteiger partial charge is 0.240 e. The first-order valence-corrected chi connectivity index (χ1v) is 11.3. The molecule has 0 saturated heterocycles. The maximum absolute atomic E-state index is 12.5. The lowest BCUT2D eigenvalue weighted by Crippen LogP contribution is -2.24. The molecule has 0 heterocycles. The van der Waals surface area contributed by atoms with Gasteiger partial charge in [0.25, 0.3) is 0 Å². The SMILES string of the molecule is Cc1ccc(S(=O)(=O)NCCC(Br)=C(c2ccccc2)c2ccccc2)cc1. The van der Waals surface area contributed by atoms with Crippen molar-refractivity contribution < 1.29 is 8.42 Å². The molecular weight excluding hydrogens is 434 g/mol. The number of sulfonamides is 1. The van der Waals surface area contributed by atoms with E-state index in [1.165, 1.54) is 0 Å². The lowest BCUT2D eigenvalue weighted by atomic mass is 9.97. The van der Waals surface area contributed by atoms with Gasteiger partial charge < -0.3 is 0 Å². The van der Waals surface area contributed by atoms with Gasteiger partial charge in [0.05, 0.1) is 4.90 Å². The summed E-state index contributed by atoms with van der Waals surface area (Å²) < 4.78 is 28.6. The zero-order valence-corrected chi connectivity index (χ0v) is 18.0. The van der Waals surface area contributed by atoms with Gasteiger partial charge in [-0.15, -0.1) is 0 Å². The number of benzene rings is 3. The number of hydrogen-bond acceptors (Lipinski definition) is 2. The molecule has 3 nitrogen and oxygen atoms in total. The summed E-state index contributed by atoms with van der Waals surface area (Å²) in [6.45, 7) is 2.24. The number of rotatable bonds is 7. The summed E-state index contributed by atoms with van der Waals surface area (Å²) in [4.78, 5) is 0.282. The van der Waals surface area contributed by atoms with Gasteiger partial charge in [-0.2, -0.15) is 0 Å². The van der Waals surface area contributed by atoms with Gasteiger partial charge in [-0.05, 0) is 42.2 Å². The first-order valence-electron chi connectivity index (χ1n) is 9.03. The number of nitrogens with one attached hydrogen (secondary N) is 1. The van der Waals surface area contributed by atoms with Crippen LogP contribution >= 0.6 is 15.9 Å². The molecule has 0 radical (unpaired) electrons. The van der Waals surface area contributed by atoms with Gasteiger partial charge in [0, 0.05) is 11.0 Å². The van der Waals surface area contributed by atoms with E-state index in [0.717, 1.165) is 26.7 Å². The summed E-state index contributed by atoms with van der Waals surface area (Å²) in [6, 6.07) is 27.0. The maximum atomic E-state index is 12.5. The summed E-state index contributed by atoms with van der Waals surface area (Å²) in [6.07, 6.45) is 0.546. The molecule has 0 bridgehead atoms. The molecule has 0 unspecified atom stereocenters. The molecule has 0 aliphatic heterocycles. The molecule has 5 heteroatoms. The minimum absolute atomic E-state index is 0.282. The first kappa shape index (κ1) is 20.5. The Balaban J connectivity index is 1.80. The zero-order chi connectivity index (χ0) is 20.0. The standard InChI is InChI=1S/C23H22BrNO2S/c1-18-12-14-21(15-13-18)28(26,27)25-17-16-22(24)23(19-8-4-2-5-9-19)20-10-6-3-7-11-20/h2-15,25H,16-17H2,1H3. The van der Waals surface area contributed by atoms with Crippen LogP contribution in [0.1, 0.15) is 23.1 Å². The van der Waals surface area contributed by atoms with Crippen molar-refractivity contribution in [3.63, 3.8) is 0 Å². The van der Waals surface area contributed by atoms with Crippen molar-refractivity contribution in [2.75, 3.05) is 6.54 Å². The lowest BCUT2D eigenvalue weighted by molar-refractivity contribution is 0.582. The molecule has 3 aromatic carbocycles. The van der Waals surface area contributed by atoms with E-state index in [2.05, 4.69) is 44.9 Å². The van der Waals surface area contributed by atoms with Gasteiger partial charge in [0.15, 0.2) is 0 Å². The molecule has 144 valence electrons. The molecular formula is C23H22BrNO2S. The third kappa shape index (κ3) is 5.19. The molecule has 0 spiro atoms. The normalized spacial score (nSPS) is 11.2. The Kier molecular flexibility index (Phi) is 6.83. The van der Waals surface area contributed by atoms with Crippen LogP contribution in [0.4, 0.5) is 0 Å². The van der Waals surface area contributed by atoms with Gasteiger partial charge in [0.1, 0.15) is 0 Å². The van der Waals surface area contributed by atoms with Crippen molar-refractivity contribution in [2.45, 2.75) is 18.2 Å². The topological polar surface area (TPSA) is 46.2 Å². The highest BCUT2D eigenvalue weighted by molar-refractivity contribution is 9.11. The van der Waals surface area contributed by atoms with Gasteiger partial charge in [0.2, 0.25) is 10.0 Å². The summed E-state index contributed by atoms with van der Waals surface area (Å²) >= 11 is 3.70. The van der Waals surface area contributed by atoms with Crippen LogP contribution in [0.15, 0.2) is 94.3 Å². The van der Waals surface area contributed by atoms with Crippen LogP contribution in [0.5, 0.6) is 0 Å². The second-order valence-corrected chi connectivity index (χ2v) is 9.20. The highest BCUT2D eigenvalue weighted by Gasteiger charge is 2.14. The van der Waals surface area contributed by atoms with Crippen molar-refractivity contribution in [3.05, 3.63) is 106 Å². The monoisotopic (exact) mass is 455 g/mol. The van der Waals surface area contributed by atoms with Gasteiger partial charge in [-0.3, -0.25) is 0 Å². The van der Waals surface area contributed by atoms with E-state index in [9.17, 15) is 8.42 Å². The Bertz CT molecular complexity index is 1000. The van der Waals surface area contributed by atoms with Crippen LogP contribution < -0.4 is 4.72 Å². The van der Waals surface area contributed by atoms with E-state index >= 15 is 0 Å². The summed E-state index contributed by atoms with van der Waals surface area (Å²) in [5.41, 5.74) is 4.26. The number of hydrogen-bond donors (Lipinski definition) is 1. The average Bonchev–Trinajstić information content (AvgIpc) is 2.70. The summed E-state index contributed by atoms with van der Waals surface area (Å²) in [7, 11) is -3.52. The Labute approximate surface area is 175 Å². The predicted octanol–water partition coefficient (Wildman–Crippen LogP) is 5.52. The third-order valence-electron chi connectivity index (χ3n) is 4.36. The van der Waals surface area contributed by atoms with Crippen molar-refractivity contribution >= 4 is 31.5 Å². The summed E-state index contributed by atoms with van der Waals surface area (Å²) in [5, 5.41) is 0. The van der Waals surface area contributed by atoms with E-state index in [1.54, 1.807) is 24.3 Å². The van der Waals surface area contributed by atoms with Crippen molar-refractivity contribution in [1.82, 2.24) is 4.72 Å². The Morgan fingerprint density at radius 3 is 1.82 bits per heavy atom. The third-order valence-corrected chi connectivity index (χ3v) is 6.63. The van der Waals surface area contributed by atoms with Gasteiger partial charge in [-0.1, -0.05) is 94.3 Å². The van der Waals surface area contributed by atoms with Gasteiger partial charge >= 0.3 is 0 Å². The Morgan fingerprint density at radius 1 is 0.821 bits per heavy atom. The lowest BCUT2D eigenvalue weighted by Gasteiger charge is -2.13. The molecule has 3 rings (SSSR count). The van der Waals surface area contributed by atoms with Crippen LogP contribution in [0.3, 0.4) is 0 Å². The van der Waals surface area contributed by atoms with Crippen molar-refractivity contribution in [3.8, 4) is 0 Å². The zero-order valence-electron chi connectivity index (χ0n) is 15.6. The molecule has 0 saturated carbocycles. The molecule has 1 N–H and O–H groups in total. The highest BCUT2D eigenvalue weighted by atomic mass is 79.9. The molecule has 0 amide bonds. The maximum Gasteiger partial charge on any atom is 0.240 e. The van der Waals surface area contributed by atoms with Crippen LogP contribution in [0.2, 0.25) is 0 Å². The van der Waals surface area contributed by atoms with E-state index < -0.39 is 10.0 Å². The Morgan fingerprint density at radius 2 is 1.32 bits per heavy atom. The molecule has 0 aliphatic rings. The van der Waals surface area contributed by atoms with Gasteiger partial charge in [-0.25, -0.2) is 13.1 Å². The van der Waals surface area contributed by atoms with Crippen LogP contribution in [-0.2, 0) is 10.0 Å². The van der Waals surface area contributed by atoms with Crippen LogP contribution in [0.25, 0.3) is 5.57 Å². The fourth-order valence-electron chi connectivity index (χ4n) is 2.91. The average molecular weight is 456 g/mol. The van der Waals surface area contributed by atoms with E-state index in [1.807, 2.05) is 43.3 Å². The predicted molar refractivity (Wildman–Crippen MR) is 119 cm³/mol. The number of aryl methyl sites for hydroxylation is 1. The van der Waals surface area contributed by atoms with Crippen LogP contribution in [-0.4, -0.2) is 15.0 Å². The smallest absolute Gasteiger partial charge is 0.211 e. The summed E-state index contributed by atoms with van der Waals surface area (Å²) in [5.74, 6) is 0. The van der Waals surface area contributed by atoms with E-state index in [0.29, 0.717) is 13.0 Å². The van der Waals surface area contributed by atoms with Crippen molar-refractivity contribution in [1.29, 1.82) is 0 Å². The first-order chi connectivity index (χ1) is 13.5. The minimum Gasteiger partial charge on any atom is -0.211 e. The molecule has 0 aliphatic carbocycles. The second-order valence-electron chi connectivity index (χ2n) is 6.47. The Hall–Kier alpha value is -2.21. The fraction of sp³-hybridized carbons (Fsp3) is 0.130. The molecule has 28 heavy (non-hydrogen) atoms. The molecule has 0 aromatic heterocycles. The minimum atomic E-state index is -3.52.